The Kier molecular flexibility index (Phi) is 4.98. The molecule has 0 aromatic heterocycles. The van der Waals surface area contributed by atoms with Gasteiger partial charge in [0.25, 0.3) is 0 Å². The summed E-state index contributed by atoms with van der Waals surface area (Å²) in [7, 11) is 0. The van der Waals surface area contributed by atoms with Crippen molar-refractivity contribution in [2.75, 3.05) is 5.32 Å². The van der Waals surface area contributed by atoms with Crippen LogP contribution in [0.25, 0.3) is 0 Å². The molecule has 0 saturated carbocycles. The predicted octanol–water partition coefficient (Wildman–Crippen LogP) is 3.56. The van der Waals surface area contributed by atoms with Gasteiger partial charge in [0.1, 0.15) is 0 Å². The molecule has 0 aliphatic heterocycles. The van der Waals surface area contributed by atoms with Gasteiger partial charge in [0.05, 0.1) is 16.2 Å². The summed E-state index contributed by atoms with van der Waals surface area (Å²) < 4.78 is 0.854. The van der Waals surface area contributed by atoms with Crippen LogP contribution in [0.1, 0.15) is 26.7 Å². The van der Waals surface area contributed by atoms with Crippen molar-refractivity contribution in [3.63, 3.8) is 0 Å². The number of hydrogen-bond acceptors (Lipinski definition) is 2. The van der Waals surface area contributed by atoms with Crippen molar-refractivity contribution in [2.45, 2.75) is 32.2 Å². The molecule has 0 unspecified atom stereocenters. The van der Waals surface area contributed by atoms with Crippen LogP contribution in [0, 0.1) is 0 Å². The largest absolute Gasteiger partial charge is 0.323 e. The third-order valence-electron chi connectivity index (χ3n) is 2.89. The maximum absolute atomic E-state index is 12.0. The van der Waals surface area contributed by atoms with Gasteiger partial charge >= 0.3 is 0 Å². The van der Waals surface area contributed by atoms with Crippen LogP contribution in [0.15, 0.2) is 22.7 Å². The van der Waals surface area contributed by atoms with E-state index in [0.717, 1.165) is 4.47 Å². The first-order chi connectivity index (χ1) is 7.92. The molecule has 0 radical (unpaired) electrons. The minimum Gasteiger partial charge on any atom is -0.323 e. The summed E-state index contributed by atoms with van der Waals surface area (Å²) in [4.78, 5) is 12.0. The number of carbonyl (C=O) groups is 1. The highest BCUT2D eigenvalue weighted by atomic mass is 79.9. The van der Waals surface area contributed by atoms with Crippen LogP contribution in [-0.4, -0.2) is 11.4 Å². The van der Waals surface area contributed by atoms with Crippen LogP contribution in [-0.2, 0) is 4.79 Å². The molecule has 0 spiro atoms. The maximum atomic E-state index is 12.0. The van der Waals surface area contributed by atoms with E-state index in [1.807, 2.05) is 19.9 Å². The molecule has 3 nitrogen and oxygen atoms in total. The minimum absolute atomic E-state index is 0.206. The first-order valence-electron chi connectivity index (χ1n) is 5.48. The predicted molar refractivity (Wildman–Crippen MR) is 75.3 cm³/mol. The fourth-order valence-electron chi connectivity index (χ4n) is 1.41. The lowest BCUT2D eigenvalue weighted by Gasteiger charge is -2.25. The number of amides is 1. The second kappa shape index (κ2) is 5.85. The van der Waals surface area contributed by atoms with Gasteiger partial charge in [-0.05, 0) is 31.0 Å². The van der Waals surface area contributed by atoms with Gasteiger partial charge in [-0.3, -0.25) is 4.79 Å². The normalized spacial score (nSPS) is 11.4. The summed E-state index contributed by atoms with van der Waals surface area (Å²) in [6, 6.07) is 5.29. The van der Waals surface area contributed by atoms with E-state index in [9.17, 15) is 4.79 Å². The molecule has 0 aliphatic rings. The zero-order chi connectivity index (χ0) is 13.1. The van der Waals surface area contributed by atoms with E-state index in [0.29, 0.717) is 23.6 Å². The zero-order valence-corrected chi connectivity index (χ0v) is 12.2. The Morgan fingerprint density at radius 2 is 2.06 bits per heavy atom. The lowest BCUT2D eigenvalue weighted by atomic mass is 9.93. The summed E-state index contributed by atoms with van der Waals surface area (Å²) in [5, 5.41) is 3.26. The van der Waals surface area contributed by atoms with Crippen LogP contribution < -0.4 is 11.1 Å². The molecule has 0 saturated heterocycles. The summed E-state index contributed by atoms with van der Waals surface area (Å²) in [5.41, 5.74) is 5.74. The van der Waals surface area contributed by atoms with Crippen molar-refractivity contribution < 1.29 is 4.79 Å². The molecule has 0 heterocycles. The maximum Gasteiger partial charge on any atom is 0.244 e. The Morgan fingerprint density at radius 3 is 2.59 bits per heavy atom. The van der Waals surface area contributed by atoms with Gasteiger partial charge in [-0.25, -0.2) is 0 Å². The molecule has 3 N–H and O–H groups in total. The molecule has 94 valence electrons. The highest BCUT2D eigenvalue weighted by Gasteiger charge is 2.30. The molecule has 5 heteroatoms. The number of carbonyl (C=O) groups excluding carboxylic acids is 1. The van der Waals surface area contributed by atoms with Crippen LogP contribution >= 0.6 is 27.5 Å². The summed E-state index contributed by atoms with van der Waals surface area (Å²) in [6.07, 6.45) is 1.17. The number of nitrogens with one attached hydrogen (secondary N) is 1. The number of hydrogen-bond donors (Lipinski definition) is 2. The number of halogens is 2. The minimum atomic E-state index is -0.842. The molecule has 0 aliphatic carbocycles. The van der Waals surface area contributed by atoms with E-state index in [1.54, 1.807) is 12.1 Å². The van der Waals surface area contributed by atoms with E-state index in [2.05, 4.69) is 21.2 Å². The fraction of sp³-hybridized carbons (Fsp3) is 0.417. The Hall–Kier alpha value is -0.580. The molecular weight excluding hydrogens is 304 g/mol. The van der Waals surface area contributed by atoms with E-state index in [-0.39, 0.29) is 5.91 Å². The van der Waals surface area contributed by atoms with Crippen molar-refractivity contribution >= 4 is 39.1 Å². The highest BCUT2D eigenvalue weighted by Crippen LogP contribution is 2.27. The van der Waals surface area contributed by atoms with Crippen molar-refractivity contribution in [1.82, 2.24) is 0 Å². The Labute approximate surface area is 115 Å². The van der Waals surface area contributed by atoms with Crippen LogP contribution in [0.5, 0.6) is 0 Å². The Balaban J connectivity index is 2.91. The molecule has 0 bridgehead atoms. The molecular formula is C12H16BrClN2O. The molecule has 0 fully saturated rings. The van der Waals surface area contributed by atoms with Gasteiger partial charge in [-0.15, -0.1) is 0 Å². The Morgan fingerprint density at radius 1 is 1.47 bits per heavy atom. The van der Waals surface area contributed by atoms with Gasteiger partial charge < -0.3 is 11.1 Å². The fourth-order valence-corrected chi connectivity index (χ4v) is 1.94. The van der Waals surface area contributed by atoms with Crippen LogP contribution in [0.3, 0.4) is 0 Å². The quantitative estimate of drug-likeness (QED) is 0.891. The third-order valence-corrected chi connectivity index (χ3v) is 3.71. The molecule has 1 aromatic carbocycles. The van der Waals surface area contributed by atoms with Gasteiger partial charge in [-0.1, -0.05) is 41.4 Å². The highest BCUT2D eigenvalue weighted by molar-refractivity contribution is 9.10. The summed E-state index contributed by atoms with van der Waals surface area (Å²) in [6.45, 7) is 3.79. The van der Waals surface area contributed by atoms with E-state index >= 15 is 0 Å². The van der Waals surface area contributed by atoms with Crippen molar-refractivity contribution in [1.29, 1.82) is 0 Å². The summed E-state index contributed by atoms with van der Waals surface area (Å²) >= 11 is 9.33. The molecule has 0 atom stereocenters. The van der Waals surface area contributed by atoms with Crippen molar-refractivity contribution in [2.24, 2.45) is 5.73 Å². The lowest BCUT2D eigenvalue weighted by Crippen LogP contribution is -2.50. The number of benzene rings is 1. The van der Waals surface area contributed by atoms with Gasteiger partial charge in [0.2, 0.25) is 5.91 Å². The standard InChI is InChI=1S/C12H16BrClN2O/c1-3-12(15,4-2)11(17)16-10-7-8(13)5-6-9(10)14/h5-7H,3-4,15H2,1-2H3,(H,16,17). The van der Waals surface area contributed by atoms with Gasteiger partial charge in [0, 0.05) is 4.47 Å². The van der Waals surface area contributed by atoms with Crippen molar-refractivity contribution in [3.8, 4) is 0 Å². The first-order valence-corrected chi connectivity index (χ1v) is 6.65. The number of anilines is 1. The average Bonchev–Trinajstić information content (AvgIpc) is 2.32. The molecule has 1 aromatic rings. The lowest BCUT2D eigenvalue weighted by molar-refractivity contribution is -0.121. The van der Waals surface area contributed by atoms with Gasteiger partial charge in [0.15, 0.2) is 0 Å². The Bertz CT molecular complexity index is 419. The second-order valence-corrected chi connectivity index (χ2v) is 5.26. The van der Waals surface area contributed by atoms with Gasteiger partial charge in [-0.2, -0.15) is 0 Å². The van der Waals surface area contributed by atoms with Crippen LogP contribution in [0.2, 0.25) is 5.02 Å². The van der Waals surface area contributed by atoms with E-state index in [1.165, 1.54) is 0 Å². The number of nitrogens with two attached hydrogens (primary N) is 1. The molecule has 1 rings (SSSR count). The second-order valence-electron chi connectivity index (χ2n) is 3.94. The topological polar surface area (TPSA) is 55.1 Å². The van der Waals surface area contributed by atoms with Crippen molar-refractivity contribution in [3.05, 3.63) is 27.7 Å². The SMILES string of the molecule is CCC(N)(CC)C(=O)Nc1cc(Br)ccc1Cl. The smallest absolute Gasteiger partial charge is 0.244 e. The van der Waals surface area contributed by atoms with E-state index < -0.39 is 5.54 Å². The average molecular weight is 320 g/mol. The first kappa shape index (κ1) is 14.5. The summed E-state index contributed by atoms with van der Waals surface area (Å²) in [5.74, 6) is -0.206. The van der Waals surface area contributed by atoms with E-state index in [4.69, 9.17) is 17.3 Å². The third kappa shape index (κ3) is 3.44. The molecule has 1 amide bonds. The monoisotopic (exact) mass is 318 g/mol. The van der Waals surface area contributed by atoms with Crippen LogP contribution in [0.4, 0.5) is 5.69 Å². The molecule has 17 heavy (non-hydrogen) atoms. The number of rotatable bonds is 4. The zero-order valence-electron chi connectivity index (χ0n) is 9.89.